The Bertz CT molecular complexity index is 1340. The second kappa shape index (κ2) is 9.83. The fourth-order valence-electron chi connectivity index (χ4n) is 4.81. The topological polar surface area (TPSA) is 129 Å². The van der Waals surface area contributed by atoms with E-state index in [4.69, 9.17) is 14.4 Å². The van der Waals surface area contributed by atoms with Crippen molar-refractivity contribution in [1.29, 1.82) is 0 Å². The van der Waals surface area contributed by atoms with Crippen LogP contribution in [0.3, 0.4) is 0 Å². The second-order valence-electron chi connectivity index (χ2n) is 11.6. The van der Waals surface area contributed by atoms with Crippen LogP contribution in [0, 0.1) is 11.3 Å². The Morgan fingerprint density at radius 2 is 2.05 bits per heavy atom. The van der Waals surface area contributed by atoms with Gasteiger partial charge in [-0.3, -0.25) is 9.48 Å². The van der Waals surface area contributed by atoms with E-state index in [0.717, 1.165) is 31.5 Å². The van der Waals surface area contributed by atoms with Gasteiger partial charge in [-0.15, -0.1) is 0 Å². The standard InChI is InChI=1S/C26H37N5O5S/c1-8-31-20-14-26(6,7)12-11-19(20)22(29-31)24-28-23(30-36-24)18-10-9-17(13-16(18)2)37(33,34)27-15-21(32)35-25(3,4)5/h9-10,13,16,18,27H,8,11-12,14-15H2,1-7H3. The van der Waals surface area contributed by atoms with E-state index in [2.05, 4.69) is 35.6 Å². The van der Waals surface area contributed by atoms with Crippen LogP contribution in [0.15, 0.2) is 27.7 Å². The minimum Gasteiger partial charge on any atom is -0.459 e. The van der Waals surface area contributed by atoms with Gasteiger partial charge >= 0.3 is 5.97 Å². The number of rotatable bonds is 7. The quantitative estimate of drug-likeness (QED) is 0.533. The molecule has 11 heteroatoms. The number of hydrogen-bond donors (Lipinski definition) is 1. The van der Waals surface area contributed by atoms with Crippen molar-refractivity contribution in [1.82, 2.24) is 24.6 Å². The number of sulfonamides is 1. The molecule has 0 spiro atoms. The normalized spacial score (nSPS) is 21.4. The van der Waals surface area contributed by atoms with E-state index < -0.39 is 28.1 Å². The summed E-state index contributed by atoms with van der Waals surface area (Å²) in [5.41, 5.74) is 2.68. The third-order valence-corrected chi connectivity index (χ3v) is 8.12. The van der Waals surface area contributed by atoms with Crippen molar-refractivity contribution >= 4 is 16.0 Å². The lowest BCUT2D eigenvalue weighted by molar-refractivity contribution is -0.153. The zero-order valence-corrected chi connectivity index (χ0v) is 23.5. The first-order valence-electron chi connectivity index (χ1n) is 12.7. The molecular weight excluding hydrogens is 494 g/mol. The van der Waals surface area contributed by atoms with Crippen molar-refractivity contribution in [2.45, 2.75) is 85.8 Å². The molecule has 4 rings (SSSR count). The first-order chi connectivity index (χ1) is 17.2. The number of fused-ring (bicyclic) bond motifs is 1. The number of allylic oxidation sites excluding steroid dienone is 3. The number of esters is 1. The number of aryl methyl sites for hydroxylation is 1. The minimum atomic E-state index is -3.88. The molecule has 2 aromatic heterocycles. The van der Waals surface area contributed by atoms with Crippen LogP contribution in [-0.2, 0) is 38.9 Å². The Kier molecular flexibility index (Phi) is 7.24. The van der Waals surface area contributed by atoms with Gasteiger partial charge in [0.1, 0.15) is 12.1 Å². The van der Waals surface area contributed by atoms with Crippen molar-refractivity contribution in [3.63, 3.8) is 0 Å². The first kappa shape index (κ1) is 27.3. The van der Waals surface area contributed by atoms with Gasteiger partial charge in [-0.2, -0.15) is 14.8 Å². The minimum absolute atomic E-state index is 0.0851. The monoisotopic (exact) mass is 531 g/mol. The molecule has 0 saturated heterocycles. The first-order valence-corrected chi connectivity index (χ1v) is 14.2. The molecule has 1 N–H and O–H groups in total. The van der Waals surface area contributed by atoms with Gasteiger partial charge in [-0.1, -0.05) is 38.1 Å². The number of aromatic nitrogens is 4. The number of nitrogens with one attached hydrogen (secondary N) is 1. The molecule has 0 radical (unpaired) electrons. The van der Waals surface area contributed by atoms with Gasteiger partial charge in [0, 0.05) is 23.7 Å². The Labute approximate surface area is 218 Å². The lowest BCUT2D eigenvalue weighted by atomic mass is 9.76. The lowest BCUT2D eigenvalue weighted by Crippen LogP contribution is -2.35. The third-order valence-electron chi connectivity index (χ3n) is 6.70. The van der Waals surface area contributed by atoms with E-state index in [1.807, 2.05) is 11.6 Å². The maximum absolute atomic E-state index is 12.7. The van der Waals surface area contributed by atoms with Gasteiger partial charge in [0.15, 0.2) is 11.5 Å². The Morgan fingerprint density at radius 1 is 1.32 bits per heavy atom. The van der Waals surface area contributed by atoms with Crippen molar-refractivity contribution in [2.24, 2.45) is 11.3 Å². The molecule has 2 aromatic rings. The van der Waals surface area contributed by atoms with Crippen molar-refractivity contribution in [3.8, 4) is 11.6 Å². The summed E-state index contributed by atoms with van der Waals surface area (Å²) in [4.78, 5) is 16.7. The SMILES string of the molecule is CCn1nc(-c2nc(C3C=CC(S(=O)(=O)NCC(=O)OC(C)(C)C)=CC3C)no2)c2c1CC(C)(C)CC2. The molecule has 37 heavy (non-hydrogen) atoms. The molecule has 0 fully saturated rings. The zero-order valence-electron chi connectivity index (χ0n) is 22.7. The highest BCUT2D eigenvalue weighted by molar-refractivity contribution is 7.93. The van der Waals surface area contributed by atoms with Crippen LogP contribution in [0.25, 0.3) is 11.6 Å². The maximum Gasteiger partial charge on any atom is 0.321 e. The smallest absolute Gasteiger partial charge is 0.321 e. The van der Waals surface area contributed by atoms with Gasteiger partial charge in [-0.05, 0) is 64.4 Å². The number of carbonyl (C=O) groups excluding carboxylic acids is 1. The van der Waals surface area contributed by atoms with Crippen LogP contribution in [0.5, 0.6) is 0 Å². The van der Waals surface area contributed by atoms with Crippen LogP contribution in [0.1, 0.15) is 77.9 Å². The molecule has 2 aliphatic rings. The lowest BCUT2D eigenvalue weighted by Gasteiger charge is -2.30. The van der Waals surface area contributed by atoms with E-state index in [-0.39, 0.29) is 22.2 Å². The summed E-state index contributed by atoms with van der Waals surface area (Å²) >= 11 is 0. The summed E-state index contributed by atoms with van der Waals surface area (Å²) in [6.07, 6.45) is 7.83. The van der Waals surface area contributed by atoms with Crippen LogP contribution in [-0.4, -0.2) is 46.5 Å². The zero-order chi connectivity index (χ0) is 27.2. The average Bonchev–Trinajstić information content (AvgIpc) is 3.40. The largest absolute Gasteiger partial charge is 0.459 e. The van der Waals surface area contributed by atoms with Crippen LogP contribution < -0.4 is 4.72 Å². The van der Waals surface area contributed by atoms with E-state index in [9.17, 15) is 13.2 Å². The highest BCUT2D eigenvalue weighted by Gasteiger charge is 2.34. The number of nitrogens with zero attached hydrogens (tertiary/aromatic N) is 4. The number of ether oxygens (including phenoxy) is 1. The predicted molar refractivity (Wildman–Crippen MR) is 139 cm³/mol. The van der Waals surface area contributed by atoms with Gasteiger partial charge in [0.05, 0.1) is 4.91 Å². The van der Waals surface area contributed by atoms with Gasteiger partial charge in [0.25, 0.3) is 5.89 Å². The Morgan fingerprint density at radius 3 is 2.70 bits per heavy atom. The van der Waals surface area contributed by atoms with Crippen molar-refractivity contribution < 1.29 is 22.5 Å². The Balaban J connectivity index is 1.49. The van der Waals surface area contributed by atoms with E-state index >= 15 is 0 Å². The second-order valence-corrected chi connectivity index (χ2v) is 13.4. The molecule has 2 unspecified atom stereocenters. The molecule has 202 valence electrons. The molecular formula is C26H37N5O5S. The Hall–Kier alpha value is -2.79. The summed E-state index contributed by atoms with van der Waals surface area (Å²) in [5, 5.41) is 9.01. The molecule has 0 bridgehead atoms. The van der Waals surface area contributed by atoms with Crippen molar-refractivity contribution in [2.75, 3.05) is 6.54 Å². The van der Waals surface area contributed by atoms with E-state index in [1.54, 1.807) is 32.9 Å². The molecule has 0 saturated carbocycles. The number of carbonyl (C=O) groups is 1. The van der Waals surface area contributed by atoms with Gasteiger partial charge in [0.2, 0.25) is 10.0 Å². The highest BCUT2D eigenvalue weighted by Crippen LogP contribution is 2.39. The predicted octanol–water partition coefficient (Wildman–Crippen LogP) is 3.90. The van der Waals surface area contributed by atoms with Gasteiger partial charge < -0.3 is 9.26 Å². The highest BCUT2D eigenvalue weighted by atomic mass is 32.2. The molecule has 0 aromatic carbocycles. The summed E-state index contributed by atoms with van der Waals surface area (Å²) in [6.45, 7) is 14.0. The van der Waals surface area contributed by atoms with E-state index in [1.165, 1.54) is 17.3 Å². The maximum atomic E-state index is 12.7. The fraction of sp³-hybridized carbons (Fsp3) is 0.615. The van der Waals surface area contributed by atoms with Crippen LogP contribution >= 0.6 is 0 Å². The molecule has 2 heterocycles. The average molecular weight is 532 g/mol. The molecule has 2 aliphatic carbocycles. The third kappa shape index (κ3) is 6.04. The van der Waals surface area contributed by atoms with Gasteiger partial charge in [-0.25, -0.2) is 8.42 Å². The van der Waals surface area contributed by atoms with E-state index in [0.29, 0.717) is 11.7 Å². The van der Waals surface area contributed by atoms with Crippen LogP contribution in [0.2, 0.25) is 0 Å². The summed E-state index contributed by atoms with van der Waals surface area (Å²) in [5.74, 6) is -0.251. The number of hydrogen-bond acceptors (Lipinski definition) is 8. The summed E-state index contributed by atoms with van der Waals surface area (Å²) in [7, 11) is -3.88. The fourth-order valence-corrected chi connectivity index (χ4v) is 5.93. The molecule has 0 amide bonds. The molecule has 2 atom stereocenters. The van der Waals surface area contributed by atoms with Crippen molar-refractivity contribution in [3.05, 3.63) is 40.2 Å². The molecule has 0 aliphatic heterocycles. The summed E-state index contributed by atoms with van der Waals surface area (Å²) < 4.78 is 40.7. The molecule has 10 nitrogen and oxygen atoms in total. The summed E-state index contributed by atoms with van der Waals surface area (Å²) in [6, 6.07) is 0. The van der Waals surface area contributed by atoms with Crippen LogP contribution in [0.4, 0.5) is 0 Å².